The molecule has 1 aliphatic rings. The normalized spacial score (nSPS) is 14.1. The minimum Gasteiger partial charge on any atom is -0.321 e. The number of benzene rings is 1. The summed E-state index contributed by atoms with van der Waals surface area (Å²) in [6, 6.07) is 7.50. The Morgan fingerprint density at radius 2 is 2.04 bits per heavy atom. The number of aryl methyl sites for hydroxylation is 3. The monoisotopic (exact) mass is 354 g/mol. The Morgan fingerprint density at radius 1 is 1.28 bits per heavy atom. The van der Waals surface area contributed by atoms with E-state index in [9.17, 15) is 4.79 Å². The van der Waals surface area contributed by atoms with Crippen molar-refractivity contribution in [3.63, 3.8) is 0 Å². The van der Waals surface area contributed by atoms with Crippen molar-refractivity contribution in [3.8, 4) is 0 Å². The Morgan fingerprint density at radius 3 is 2.72 bits per heavy atom. The van der Waals surface area contributed by atoms with E-state index in [4.69, 9.17) is 16.6 Å². The topological polar surface area (TPSA) is 59.8 Å². The molecule has 1 N–H and O–H groups in total. The van der Waals surface area contributed by atoms with E-state index in [1.54, 1.807) is 4.68 Å². The molecule has 2 aromatic heterocycles. The molecule has 2 heterocycles. The van der Waals surface area contributed by atoms with Gasteiger partial charge in [0.25, 0.3) is 5.91 Å². The maximum atomic E-state index is 13.0. The van der Waals surface area contributed by atoms with Gasteiger partial charge < -0.3 is 5.32 Å². The summed E-state index contributed by atoms with van der Waals surface area (Å²) in [6.45, 7) is 3.86. The van der Waals surface area contributed by atoms with Gasteiger partial charge in [-0.3, -0.25) is 9.48 Å². The van der Waals surface area contributed by atoms with E-state index in [1.165, 1.54) is 0 Å². The summed E-state index contributed by atoms with van der Waals surface area (Å²) in [7, 11) is 1.86. The molecule has 3 aromatic rings. The molecule has 0 unspecified atom stereocenters. The largest absolute Gasteiger partial charge is 0.321 e. The molecule has 128 valence electrons. The number of carbonyl (C=O) groups is 1. The van der Waals surface area contributed by atoms with Crippen LogP contribution >= 0.6 is 11.6 Å². The van der Waals surface area contributed by atoms with E-state index < -0.39 is 0 Å². The lowest BCUT2D eigenvalue weighted by molar-refractivity contribution is 0.102. The number of fused-ring (bicyclic) bond motifs is 1. The van der Waals surface area contributed by atoms with E-state index in [2.05, 4.69) is 10.4 Å². The zero-order valence-corrected chi connectivity index (χ0v) is 15.2. The van der Waals surface area contributed by atoms with E-state index in [-0.39, 0.29) is 5.91 Å². The van der Waals surface area contributed by atoms with Gasteiger partial charge in [-0.1, -0.05) is 17.7 Å². The number of hydrogen-bond acceptors (Lipinski definition) is 3. The van der Waals surface area contributed by atoms with Gasteiger partial charge in [-0.2, -0.15) is 5.10 Å². The first-order valence-corrected chi connectivity index (χ1v) is 8.73. The van der Waals surface area contributed by atoms with Crippen LogP contribution in [0.3, 0.4) is 0 Å². The van der Waals surface area contributed by atoms with E-state index in [0.717, 1.165) is 40.8 Å². The van der Waals surface area contributed by atoms with E-state index in [0.29, 0.717) is 22.2 Å². The second-order valence-electron chi connectivity index (χ2n) is 6.71. The van der Waals surface area contributed by atoms with Gasteiger partial charge in [-0.15, -0.1) is 0 Å². The lowest BCUT2D eigenvalue weighted by Gasteiger charge is -2.10. The molecule has 0 bridgehead atoms. The van der Waals surface area contributed by atoms with Crippen molar-refractivity contribution in [2.24, 2.45) is 7.05 Å². The minimum atomic E-state index is -0.184. The number of rotatable bonds is 3. The standard InChI is InChI=1S/C19H19ClN4O/c1-10-4-7-15(14(20)8-10)22-19(25)13-9-16(12-5-6-12)21-18-17(13)11(2)23-24(18)3/h4,7-9,12H,5-6H2,1-3H3,(H,22,25). The molecule has 4 rings (SSSR count). The highest BCUT2D eigenvalue weighted by molar-refractivity contribution is 6.34. The first-order valence-electron chi connectivity index (χ1n) is 8.36. The molecule has 1 fully saturated rings. The molecule has 0 spiro atoms. The number of nitrogens with zero attached hydrogens (tertiary/aromatic N) is 3. The minimum absolute atomic E-state index is 0.184. The van der Waals surface area contributed by atoms with Crippen molar-refractivity contribution in [1.82, 2.24) is 14.8 Å². The number of halogens is 1. The lowest BCUT2D eigenvalue weighted by atomic mass is 10.1. The quantitative estimate of drug-likeness (QED) is 0.759. The fraction of sp³-hybridized carbons (Fsp3) is 0.316. The Balaban J connectivity index is 1.80. The molecule has 1 aliphatic carbocycles. The molecule has 1 amide bonds. The lowest BCUT2D eigenvalue weighted by Crippen LogP contribution is -2.14. The maximum absolute atomic E-state index is 13.0. The Labute approximate surface area is 151 Å². The predicted octanol–water partition coefficient (Wildman–Crippen LogP) is 4.37. The highest BCUT2D eigenvalue weighted by atomic mass is 35.5. The molecule has 6 heteroatoms. The molecular formula is C19H19ClN4O. The molecule has 0 saturated heterocycles. The predicted molar refractivity (Wildman–Crippen MR) is 99.4 cm³/mol. The first kappa shape index (κ1) is 16.1. The van der Waals surface area contributed by atoms with Crippen LogP contribution in [0, 0.1) is 13.8 Å². The van der Waals surface area contributed by atoms with Gasteiger partial charge >= 0.3 is 0 Å². The van der Waals surface area contributed by atoms with Gasteiger partial charge in [-0.05, 0) is 50.5 Å². The summed E-state index contributed by atoms with van der Waals surface area (Å²) in [5, 5.41) is 8.70. The first-order chi connectivity index (χ1) is 11.9. The van der Waals surface area contributed by atoms with Crippen LogP contribution in [-0.4, -0.2) is 20.7 Å². The molecule has 25 heavy (non-hydrogen) atoms. The van der Waals surface area contributed by atoms with Crippen LogP contribution in [-0.2, 0) is 7.05 Å². The van der Waals surface area contributed by atoms with Gasteiger partial charge in [-0.25, -0.2) is 4.98 Å². The molecular weight excluding hydrogens is 336 g/mol. The third-order valence-electron chi connectivity index (χ3n) is 4.60. The van der Waals surface area contributed by atoms with Crippen molar-refractivity contribution in [2.75, 3.05) is 5.32 Å². The number of carbonyl (C=O) groups excluding carboxylic acids is 1. The number of anilines is 1. The smallest absolute Gasteiger partial charge is 0.256 e. The Kier molecular flexibility index (Phi) is 3.76. The summed E-state index contributed by atoms with van der Waals surface area (Å²) < 4.78 is 1.74. The van der Waals surface area contributed by atoms with E-state index >= 15 is 0 Å². The number of pyridine rings is 1. The Bertz CT molecular complexity index is 1000. The van der Waals surface area contributed by atoms with E-state index in [1.807, 2.05) is 45.2 Å². The van der Waals surface area contributed by atoms with Crippen LogP contribution in [0.1, 0.15) is 46.1 Å². The second kappa shape index (κ2) is 5.85. The van der Waals surface area contributed by atoms with Crippen LogP contribution in [0.5, 0.6) is 0 Å². The van der Waals surface area contributed by atoms with Gasteiger partial charge in [0.1, 0.15) is 0 Å². The third kappa shape index (κ3) is 2.89. The van der Waals surface area contributed by atoms with Crippen LogP contribution in [0.4, 0.5) is 5.69 Å². The Hall–Kier alpha value is -2.40. The van der Waals surface area contributed by atoms with Crippen LogP contribution in [0.15, 0.2) is 24.3 Å². The fourth-order valence-corrected chi connectivity index (χ4v) is 3.43. The summed E-state index contributed by atoms with van der Waals surface area (Å²) in [5.41, 5.74) is 4.78. The molecule has 5 nitrogen and oxygen atoms in total. The van der Waals surface area contributed by atoms with Crippen LogP contribution in [0.2, 0.25) is 5.02 Å². The highest BCUT2D eigenvalue weighted by Gasteiger charge is 2.28. The number of hydrogen-bond donors (Lipinski definition) is 1. The molecule has 1 aromatic carbocycles. The summed E-state index contributed by atoms with van der Waals surface area (Å²) >= 11 is 6.26. The number of aromatic nitrogens is 3. The average Bonchev–Trinajstić information content (AvgIpc) is 3.37. The fourth-order valence-electron chi connectivity index (χ4n) is 3.14. The molecule has 1 saturated carbocycles. The van der Waals surface area contributed by atoms with Gasteiger partial charge in [0.2, 0.25) is 0 Å². The third-order valence-corrected chi connectivity index (χ3v) is 4.91. The van der Waals surface area contributed by atoms with Crippen molar-refractivity contribution < 1.29 is 4.79 Å². The number of amides is 1. The molecule has 0 radical (unpaired) electrons. The van der Waals surface area contributed by atoms with Gasteiger partial charge in [0, 0.05) is 18.7 Å². The maximum Gasteiger partial charge on any atom is 0.256 e. The molecule has 0 atom stereocenters. The zero-order chi connectivity index (χ0) is 17.7. The van der Waals surface area contributed by atoms with Gasteiger partial charge in [0.15, 0.2) is 5.65 Å². The van der Waals surface area contributed by atoms with Crippen LogP contribution in [0.25, 0.3) is 11.0 Å². The summed E-state index contributed by atoms with van der Waals surface area (Å²) in [5.74, 6) is 0.269. The average molecular weight is 355 g/mol. The second-order valence-corrected chi connectivity index (χ2v) is 7.12. The highest BCUT2D eigenvalue weighted by Crippen LogP contribution is 2.40. The SMILES string of the molecule is Cc1ccc(NC(=O)c2cc(C3CC3)nc3c2c(C)nn3C)c(Cl)c1. The van der Waals surface area contributed by atoms with Crippen molar-refractivity contribution in [1.29, 1.82) is 0 Å². The molecule has 0 aliphatic heterocycles. The van der Waals surface area contributed by atoms with Crippen molar-refractivity contribution in [3.05, 3.63) is 51.8 Å². The number of nitrogens with one attached hydrogen (secondary N) is 1. The van der Waals surface area contributed by atoms with Crippen LogP contribution < -0.4 is 5.32 Å². The summed E-state index contributed by atoms with van der Waals surface area (Å²) in [6.07, 6.45) is 2.25. The van der Waals surface area contributed by atoms with Gasteiger partial charge in [0.05, 0.1) is 27.4 Å². The van der Waals surface area contributed by atoms with Crippen molar-refractivity contribution in [2.45, 2.75) is 32.6 Å². The van der Waals surface area contributed by atoms with Crippen molar-refractivity contribution >= 4 is 34.2 Å². The summed E-state index contributed by atoms with van der Waals surface area (Å²) in [4.78, 5) is 17.7. The zero-order valence-electron chi connectivity index (χ0n) is 14.4.